The average Bonchev–Trinajstić information content (AvgIpc) is 2.43. The van der Waals surface area contributed by atoms with Gasteiger partial charge in [-0.2, -0.15) is 0 Å². The first kappa shape index (κ1) is 18.0. The number of hydrazine groups is 1. The van der Waals surface area contributed by atoms with Gasteiger partial charge in [-0.3, -0.25) is 5.43 Å². The Kier molecular flexibility index (Phi) is 9.54. The molecule has 0 bridgehead atoms. The van der Waals surface area contributed by atoms with Gasteiger partial charge in [0.15, 0.2) is 0 Å². The van der Waals surface area contributed by atoms with Crippen LogP contribution in [0.2, 0.25) is 0 Å². The summed E-state index contributed by atoms with van der Waals surface area (Å²) in [6.45, 7) is 9.37. The number of unbranched alkanes of at least 4 members (excludes halogenated alkanes) is 4. The van der Waals surface area contributed by atoms with Crippen molar-refractivity contribution in [3.63, 3.8) is 0 Å². The highest BCUT2D eigenvalue weighted by Crippen LogP contribution is 2.22. The number of nitrogens with zero attached hydrogens (tertiary/aromatic N) is 1. The van der Waals surface area contributed by atoms with E-state index in [1.54, 1.807) is 0 Å². The van der Waals surface area contributed by atoms with Crippen LogP contribution in [0, 0.1) is 0 Å². The molecule has 1 N–H and O–H groups in total. The van der Waals surface area contributed by atoms with Gasteiger partial charge in [-0.15, -0.1) is 0 Å². The Morgan fingerprint density at radius 1 is 0.900 bits per heavy atom. The lowest BCUT2D eigenvalue weighted by atomic mass is 9.98. The molecule has 0 aromatic rings. The molecule has 1 fully saturated rings. The molecular weight excluding hydrogens is 244 g/mol. The minimum atomic E-state index is 0.705. The Labute approximate surface area is 127 Å². The van der Waals surface area contributed by atoms with Crippen LogP contribution in [0.5, 0.6) is 0 Å². The van der Waals surface area contributed by atoms with Gasteiger partial charge in [0.05, 0.1) is 0 Å². The van der Waals surface area contributed by atoms with Crippen molar-refractivity contribution < 1.29 is 0 Å². The number of hydrogen-bond donors (Lipinski definition) is 1. The van der Waals surface area contributed by atoms with Gasteiger partial charge in [-0.05, 0) is 39.5 Å². The van der Waals surface area contributed by atoms with Crippen LogP contribution in [-0.4, -0.2) is 23.1 Å². The van der Waals surface area contributed by atoms with Crippen molar-refractivity contribution in [2.75, 3.05) is 0 Å². The predicted molar refractivity (Wildman–Crippen MR) is 89.8 cm³/mol. The van der Waals surface area contributed by atoms with Crippen molar-refractivity contribution in [3.05, 3.63) is 0 Å². The van der Waals surface area contributed by atoms with E-state index in [2.05, 4.69) is 38.1 Å². The lowest BCUT2D eigenvalue weighted by Crippen LogP contribution is -2.55. The molecule has 0 aliphatic carbocycles. The smallest absolute Gasteiger partial charge is 0.0218 e. The van der Waals surface area contributed by atoms with E-state index in [-0.39, 0.29) is 0 Å². The molecule has 1 saturated heterocycles. The average molecular weight is 283 g/mol. The molecule has 1 rings (SSSR count). The summed E-state index contributed by atoms with van der Waals surface area (Å²) in [5.41, 5.74) is 3.91. The van der Waals surface area contributed by atoms with Crippen molar-refractivity contribution in [2.24, 2.45) is 0 Å². The first-order valence-electron chi connectivity index (χ1n) is 9.23. The molecule has 2 atom stereocenters. The van der Waals surface area contributed by atoms with Crippen LogP contribution >= 0.6 is 0 Å². The molecule has 0 radical (unpaired) electrons. The van der Waals surface area contributed by atoms with E-state index in [9.17, 15) is 0 Å². The second-order valence-electron chi connectivity index (χ2n) is 6.85. The Morgan fingerprint density at radius 2 is 1.40 bits per heavy atom. The minimum Gasteiger partial charge on any atom is -0.252 e. The number of rotatable bonds is 10. The van der Waals surface area contributed by atoms with Crippen molar-refractivity contribution in [2.45, 2.75) is 116 Å². The van der Waals surface area contributed by atoms with Crippen LogP contribution in [0.3, 0.4) is 0 Å². The molecule has 120 valence electrons. The molecule has 0 aromatic carbocycles. The summed E-state index contributed by atoms with van der Waals surface area (Å²) < 4.78 is 0. The summed E-state index contributed by atoms with van der Waals surface area (Å²) in [4.78, 5) is 0. The summed E-state index contributed by atoms with van der Waals surface area (Å²) in [5, 5.41) is 2.58. The van der Waals surface area contributed by atoms with Crippen molar-refractivity contribution in [1.29, 1.82) is 0 Å². The third-order valence-corrected chi connectivity index (χ3v) is 4.84. The minimum absolute atomic E-state index is 0.705. The maximum absolute atomic E-state index is 3.91. The molecule has 2 unspecified atom stereocenters. The highest BCUT2D eigenvalue weighted by molar-refractivity contribution is 4.79. The van der Waals surface area contributed by atoms with Gasteiger partial charge >= 0.3 is 0 Å². The maximum atomic E-state index is 3.91. The summed E-state index contributed by atoms with van der Waals surface area (Å²) in [6, 6.07) is 2.12. The second kappa shape index (κ2) is 10.6. The zero-order valence-corrected chi connectivity index (χ0v) is 14.5. The van der Waals surface area contributed by atoms with Crippen LogP contribution in [0.1, 0.15) is 98.3 Å². The standard InChI is InChI=1S/C18H38N2/c1-5-7-9-14-18(15-10-8-6-2)19-20-16(3)12-11-13-17(20)4/h16-19H,5-15H2,1-4H3. The summed E-state index contributed by atoms with van der Waals surface area (Å²) in [6.07, 6.45) is 15.0. The van der Waals surface area contributed by atoms with Gasteiger partial charge < -0.3 is 0 Å². The molecule has 20 heavy (non-hydrogen) atoms. The molecular formula is C18H38N2. The summed E-state index contributed by atoms with van der Waals surface area (Å²) in [5.74, 6) is 0. The van der Waals surface area contributed by atoms with E-state index in [4.69, 9.17) is 0 Å². The lowest BCUT2D eigenvalue weighted by molar-refractivity contribution is 0.0255. The van der Waals surface area contributed by atoms with Crippen LogP contribution in [0.4, 0.5) is 0 Å². The zero-order chi connectivity index (χ0) is 14.8. The SMILES string of the molecule is CCCCCC(CCCCC)NN1C(C)CCCC1C. The topological polar surface area (TPSA) is 15.3 Å². The molecule has 2 heteroatoms. The lowest BCUT2D eigenvalue weighted by Gasteiger charge is -2.41. The van der Waals surface area contributed by atoms with E-state index in [0.29, 0.717) is 18.1 Å². The fourth-order valence-corrected chi connectivity index (χ4v) is 3.44. The molecule has 2 nitrogen and oxygen atoms in total. The Bertz CT molecular complexity index is 209. The summed E-state index contributed by atoms with van der Waals surface area (Å²) >= 11 is 0. The van der Waals surface area contributed by atoms with Crippen molar-refractivity contribution in [3.8, 4) is 0 Å². The van der Waals surface area contributed by atoms with Crippen LogP contribution in [0.15, 0.2) is 0 Å². The van der Waals surface area contributed by atoms with Crippen LogP contribution in [0.25, 0.3) is 0 Å². The largest absolute Gasteiger partial charge is 0.252 e. The number of piperidine rings is 1. The van der Waals surface area contributed by atoms with Crippen LogP contribution in [-0.2, 0) is 0 Å². The van der Waals surface area contributed by atoms with E-state index in [1.165, 1.54) is 70.6 Å². The van der Waals surface area contributed by atoms with Crippen molar-refractivity contribution >= 4 is 0 Å². The van der Waals surface area contributed by atoms with Gasteiger partial charge in [0.25, 0.3) is 0 Å². The maximum Gasteiger partial charge on any atom is 0.0218 e. The quantitative estimate of drug-likeness (QED) is 0.548. The number of hydrogen-bond acceptors (Lipinski definition) is 2. The Balaban J connectivity index is 2.43. The predicted octanol–water partition coefficient (Wildman–Crippen LogP) is 5.28. The third-order valence-electron chi connectivity index (χ3n) is 4.84. The first-order valence-corrected chi connectivity index (χ1v) is 9.23. The molecule has 0 spiro atoms. The van der Waals surface area contributed by atoms with Gasteiger partial charge in [-0.25, -0.2) is 5.01 Å². The van der Waals surface area contributed by atoms with Gasteiger partial charge in [0.2, 0.25) is 0 Å². The fourth-order valence-electron chi connectivity index (χ4n) is 3.44. The van der Waals surface area contributed by atoms with Gasteiger partial charge in [0, 0.05) is 18.1 Å². The Morgan fingerprint density at radius 3 is 1.85 bits per heavy atom. The molecule has 0 amide bonds. The third kappa shape index (κ3) is 6.58. The molecule has 1 aliphatic heterocycles. The molecule has 0 aromatic heterocycles. The van der Waals surface area contributed by atoms with E-state index < -0.39 is 0 Å². The molecule has 1 aliphatic rings. The van der Waals surface area contributed by atoms with Gasteiger partial charge in [-0.1, -0.05) is 58.8 Å². The second-order valence-corrected chi connectivity index (χ2v) is 6.85. The number of nitrogens with one attached hydrogen (secondary N) is 1. The fraction of sp³-hybridized carbons (Fsp3) is 1.00. The van der Waals surface area contributed by atoms with E-state index in [0.717, 1.165) is 0 Å². The highest BCUT2D eigenvalue weighted by atomic mass is 15.5. The van der Waals surface area contributed by atoms with E-state index in [1.807, 2.05) is 0 Å². The highest BCUT2D eigenvalue weighted by Gasteiger charge is 2.26. The monoisotopic (exact) mass is 282 g/mol. The van der Waals surface area contributed by atoms with Crippen molar-refractivity contribution in [1.82, 2.24) is 10.4 Å². The molecule has 1 heterocycles. The Hall–Kier alpha value is -0.0800. The van der Waals surface area contributed by atoms with E-state index >= 15 is 0 Å². The van der Waals surface area contributed by atoms with Gasteiger partial charge in [0.1, 0.15) is 0 Å². The summed E-state index contributed by atoms with van der Waals surface area (Å²) in [7, 11) is 0. The first-order chi connectivity index (χ1) is 9.69. The van der Waals surface area contributed by atoms with Crippen LogP contribution < -0.4 is 5.43 Å². The molecule has 0 saturated carbocycles. The normalized spacial score (nSPS) is 24.4. The zero-order valence-electron chi connectivity index (χ0n) is 14.5.